The number of hydrogen-bond donors (Lipinski definition) is 4. The topological polar surface area (TPSA) is 149 Å². The Morgan fingerprint density at radius 1 is 0.959 bits per heavy atom. The highest BCUT2D eigenvalue weighted by molar-refractivity contribution is 7.53. The third-order valence-electron chi connectivity index (χ3n) is 8.38. The lowest BCUT2D eigenvalue weighted by molar-refractivity contribution is -0.137. The molecule has 12 nitrogen and oxygen atoms in total. The third-order valence-corrected chi connectivity index (χ3v) is 10.3. The van der Waals surface area contributed by atoms with Crippen molar-refractivity contribution in [2.75, 3.05) is 51.3 Å². The van der Waals surface area contributed by atoms with E-state index >= 15 is 0 Å². The molecule has 0 saturated heterocycles. The van der Waals surface area contributed by atoms with Gasteiger partial charge in [-0.1, -0.05) is 18.2 Å². The lowest BCUT2D eigenvalue weighted by Gasteiger charge is -2.26. The monoisotopic (exact) mass is 707 g/mol. The van der Waals surface area contributed by atoms with Crippen molar-refractivity contribution in [3.8, 4) is 5.88 Å². The number of aryl methyl sites for hydroxylation is 1. The van der Waals surface area contributed by atoms with Gasteiger partial charge >= 0.3 is 13.8 Å². The van der Waals surface area contributed by atoms with E-state index in [0.717, 1.165) is 18.4 Å². The SMILES string of the molecule is COCCOP(=O)(Cc1ccc(Nc2ncc(C(F)(F)F)c(Nc3ccc(C4CCC(O)CC4)c4cn(C)c(O)c34)n2)cc1)OCCOC. The van der Waals surface area contributed by atoms with Gasteiger partial charge in [0.05, 0.1) is 49.8 Å². The Hall–Kier alpha value is -3.72. The lowest BCUT2D eigenvalue weighted by atomic mass is 9.81. The van der Waals surface area contributed by atoms with Gasteiger partial charge in [0.1, 0.15) is 11.4 Å². The highest BCUT2D eigenvalue weighted by atomic mass is 31.2. The highest BCUT2D eigenvalue weighted by Crippen LogP contribution is 2.51. The molecule has 0 unspecified atom stereocenters. The number of hydrogen-bond acceptors (Lipinski definition) is 11. The lowest BCUT2D eigenvalue weighted by Crippen LogP contribution is -2.17. The molecule has 1 aliphatic carbocycles. The Kier molecular flexibility index (Phi) is 11.8. The molecule has 5 rings (SSSR count). The van der Waals surface area contributed by atoms with Crippen molar-refractivity contribution >= 4 is 41.5 Å². The van der Waals surface area contributed by atoms with E-state index in [1.807, 2.05) is 6.07 Å². The molecule has 2 heterocycles. The molecule has 16 heteroatoms. The molecule has 0 aliphatic heterocycles. The molecule has 266 valence electrons. The molecule has 2 aromatic heterocycles. The van der Waals surface area contributed by atoms with Crippen LogP contribution >= 0.6 is 7.60 Å². The van der Waals surface area contributed by atoms with E-state index in [1.165, 1.54) is 18.8 Å². The van der Waals surface area contributed by atoms with Crippen molar-refractivity contribution in [2.24, 2.45) is 7.05 Å². The third kappa shape index (κ3) is 9.10. The summed E-state index contributed by atoms with van der Waals surface area (Å²) >= 11 is 0. The normalized spacial score (nSPS) is 17.0. The summed E-state index contributed by atoms with van der Waals surface area (Å²) in [5.41, 5.74) is 1.23. The van der Waals surface area contributed by atoms with Crippen molar-refractivity contribution in [3.05, 3.63) is 65.5 Å². The van der Waals surface area contributed by atoms with Crippen LogP contribution in [-0.2, 0) is 42.5 Å². The second kappa shape index (κ2) is 15.9. The molecular formula is C33H41F3N5O7P. The highest BCUT2D eigenvalue weighted by Gasteiger charge is 2.36. The summed E-state index contributed by atoms with van der Waals surface area (Å²) in [5, 5.41) is 27.8. The Morgan fingerprint density at radius 3 is 2.22 bits per heavy atom. The molecule has 1 saturated carbocycles. The Balaban J connectivity index is 1.38. The number of fused-ring (bicyclic) bond motifs is 1. The van der Waals surface area contributed by atoms with Crippen LogP contribution in [0.1, 0.15) is 48.3 Å². The minimum absolute atomic E-state index is 0.0200. The summed E-state index contributed by atoms with van der Waals surface area (Å²) in [6.45, 7) is 0.624. The van der Waals surface area contributed by atoms with Gasteiger partial charge in [-0.05, 0) is 60.9 Å². The molecule has 2 aromatic carbocycles. The molecule has 0 spiro atoms. The minimum atomic E-state index is -4.77. The van der Waals surface area contributed by atoms with E-state index in [0.29, 0.717) is 41.1 Å². The molecule has 0 bridgehead atoms. The van der Waals surface area contributed by atoms with Gasteiger partial charge in [-0.15, -0.1) is 0 Å². The first-order valence-electron chi connectivity index (χ1n) is 15.8. The number of aromatic hydroxyl groups is 1. The molecule has 4 aromatic rings. The molecule has 49 heavy (non-hydrogen) atoms. The second-order valence-electron chi connectivity index (χ2n) is 11.9. The number of benzene rings is 2. The summed E-state index contributed by atoms with van der Waals surface area (Å²) in [7, 11) is 1.14. The van der Waals surface area contributed by atoms with Crippen molar-refractivity contribution in [1.82, 2.24) is 14.5 Å². The predicted octanol–water partition coefficient (Wildman–Crippen LogP) is 7.22. The van der Waals surface area contributed by atoms with Crippen molar-refractivity contribution < 1.29 is 46.5 Å². The van der Waals surface area contributed by atoms with Crippen LogP contribution in [-0.4, -0.2) is 71.5 Å². The van der Waals surface area contributed by atoms with Crippen LogP contribution in [0.15, 0.2) is 48.8 Å². The van der Waals surface area contributed by atoms with Crippen LogP contribution in [0.2, 0.25) is 0 Å². The summed E-state index contributed by atoms with van der Waals surface area (Å²) in [6, 6.07) is 10.2. The van der Waals surface area contributed by atoms with Crippen LogP contribution in [0.25, 0.3) is 10.8 Å². The number of anilines is 4. The maximum Gasteiger partial charge on any atom is 0.421 e. The standard InChI is InChI=1S/C33H41F3N5O7P/c1-41-19-26-25(22-6-10-24(42)11-7-22)12-13-28(29(26)31(41)43)39-30-27(33(34,35)36)18-37-32(40-30)38-23-8-4-21(5-9-23)20-49(44,47-16-14-45-2)48-17-15-46-3/h4-5,8-9,12-13,18-19,22,24,42-43H,6-7,10-11,14-17,20H2,1-3H3,(H2,37,38,39,40). The maximum atomic E-state index is 14.1. The van der Waals surface area contributed by atoms with Crippen LogP contribution < -0.4 is 10.6 Å². The average molecular weight is 708 g/mol. The second-order valence-corrected chi connectivity index (χ2v) is 13.9. The van der Waals surface area contributed by atoms with Crippen molar-refractivity contribution in [1.29, 1.82) is 0 Å². The number of rotatable bonds is 15. The summed E-state index contributed by atoms with van der Waals surface area (Å²) in [4.78, 5) is 8.09. The number of aliphatic hydroxyl groups excluding tert-OH is 1. The Morgan fingerprint density at radius 2 is 1.61 bits per heavy atom. The summed E-state index contributed by atoms with van der Waals surface area (Å²) in [6.07, 6.45) is 0.173. The van der Waals surface area contributed by atoms with Gasteiger partial charge in [-0.25, -0.2) is 4.98 Å². The van der Waals surface area contributed by atoms with Gasteiger partial charge in [0, 0.05) is 44.7 Å². The molecule has 4 N–H and O–H groups in total. The molecule has 0 amide bonds. The fourth-order valence-electron chi connectivity index (χ4n) is 5.86. The largest absolute Gasteiger partial charge is 0.494 e. The van der Waals surface area contributed by atoms with E-state index in [-0.39, 0.29) is 62.1 Å². The zero-order valence-corrected chi connectivity index (χ0v) is 28.4. The fourth-order valence-corrected chi connectivity index (χ4v) is 7.48. The number of ether oxygens (including phenoxy) is 2. The van der Waals surface area contributed by atoms with Crippen molar-refractivity contribution in [3.63, 3.8) is 0 Å². The van der Waals surface area contributed by atoms with Gasteiger partial charge in [0.25, 0.3) is 0 Å². The van der Waals surface area contributed by atoms with Crippen molar-refractivity contribution in [2.45, 2.75) is 50.0 Å². The first-order chi connectivity index (χ1) is 23.4. The van der Waals surface area contributed by atoms with Gasteiger partial charge in [-0.2, -0.15) is 18.2 Å². The molecule has 1 aliphatic rings. The zero-order valence-electron chi connectivity index (χ0n) is 27.5. The summed E-state index contributed by atoms with van der Waals surface area (Å²) in [5.74, 6) is -0.561. The number of aliphatic hydroxyl groups is 1. The van der Waals surface area contributed by atoms with E-state index in [1.54, 1.807) is 43.6 Å². The Labute approximate surface area is 282 Å². The van der Waals surface area contributed by atoms with Gasteiger partial charge in [0.2, 0.25) is 11.8 Å². The predicted molar refractivity (Wildman–Crippen MR) is 179 cm³/mol. The van der Waals surface area contributed by atoms with Crippen LogP contribution in [0.4, 0.5) is 36.3 Å². The van der Waals surface area contributed by atoms with Crippen LogP contribution in [0, 0.1) is 0 Å². The number of halogens is 3. The Bertz CT molecular complexity index is 1750. The minimum Gasteiger partial charge on any atom is -0.494 e. The number of alkyl halides is 3. The smallest absolute Gasteiger partial charge is 0.421 e. The first-order valence-corrected chi connectivity index (χ1v) is 17.6. The zero-order chi connectivity index (χ0) is 35.2. The molecular weight excluding hydrogens is 666 g/mol. The average Bonchev–Trinajstić information content (AvgIpc) is 3.36. The molecule has 0 atom stereocenters. The van der Waals surface area contributed by atoms with Gasteiger partial charge < -0.3 is 43.9 Å². The number of nitrogens with zero attached hydrogens (tertiary/aromatic N) is 3. The molecule has 0 radical (unpaired) electrons. The van der Waals surface area contributed by atoms with Crippen LogP contribution in [0.3, 0.4) is 0 Å². The maximum absolute atomic E-state index is 14.1. The fraction of sp³-hybridized carbons (Fsp3) is 0.455. The first kappa shape index (κ1) is 36.6. The van der Waals surface area contributed by atoms with E-state index < -0.39 is 25.2 Å². The number of methoxy groups -OCH3 is 2. The van der Waals surface area contributed by atoms with Gasteiger partial charge in [0.15, 0.2) is 0 Å². The summed E-state index contributed by atoms with van der Waals surface area (Å²) < 4.78 is 78.3. The van der Waals surface area contributed by atoms with Crippen LogP contribution in [0.5, 0.6) is 5.88 Å². The molecule has 1 fully saturated rings. The number of aromatic nitrogens is 3. The quantitative estimate of drug-likeness (QED) is 0.0733. The number of nitrogens with one attached hydrogen (secondary N) is 2. The van der Waals surface area contributed by atoms with E-state index in [4.69, 9.17) is 18.5 Å². The van der Waals surface area contributed by atoms with Gasteiger partial charge in [-0.3, -0.25) is 4.57 Å². The van der Waals surface area contributed by atoms with E-state index in [9.17, 15) is 27.9 Å². The van der Waals surface area contributed by atoms with E-state index in [2.05, 4.69) is 20.6 Å².